The Hall–Kier alpha value is -2.10. The van der Waals surface area contributed by atoms with Crippen LogP contribution in [0.25, 0.3) is 5.69 Å². The number of carboxylic acid groups (broad SMARTS) is 1. The summed E-state index contributed by atoms with van der Waals surface area (Å²) in [6.45, 7) is 1.89. The lowest BCUT2D eigenvalue weighted by atomic mass is 10.2. The van der Waals surface area contributed by atoms with Crippen molar-refractivity contribution in [1.29, 1.82) is 0 Å². The molecule has 0 spiro atoms. The van der Waals surface area contributed by atoms with Crippen LogP contribution in [-0.4, -0.2) is 20.9 Å². The van der Waals surface area contributed by atoms with Gasteiger partial charge in [0, 0.05) is 6.20 Å². The van der Waals surface area contributed by atoms with Gasteiger partial charge < -0.3 is 5.11 Å². The van der Waals surface area contributed by atoms with E-state index >= 15 is 0 Å². The standard InChI is InChI=1S/C12H12N2O2/c1-2-11-10(12(15)16)8-14(13-11)9-6-4-3-5-7-9/h3-8H,2H2,1H3,(H,15,16). The van der Waals surface area contributed by atoms with Crippen LogP contribution in [-0.2, 0) is 6.42 Å². The molecular weight excluding hydrogens is 204 g/mol. The van der Waals surface area contributed by atoms with E-state index in [2.05, 4.69) is 5.10 Å². The monoisotopic (exact) mass is 216 g/mol. The molecule has 0 amide bonds. The van der Waals surface area contributed by atoms with Crippen molar-refractivity contribution in [1.82, 2.24) is 9.78 Å². The predicted molar refractivity (Wildman–Crippen MR) is 59.9 cm³/mol. The van der Waals surface area contributed by atoms with Crippen molar-refractivity contribution in [3.63, 3.8) is 0 Å². The summed E-state index contributed by atoms with van der Waals surface area (Å²) in [5.74, 6) is -0.931. The molecular formula is C12H12N2O2. The summed E-state index contributed by atoms with van der Waals surface area (Å²) < 4.78 is 1.60. The third-order valence-corrected chi connectivity index (χ3v) is 2.38. The maximum Gasteiger partial charge on any atom is 0.339 e. The maximum absolute atomic E-state index is 11.0. The highest BCUT2D eigenvalue weighted by Gasteiger charge is 2.14. The van der Waals surface area contributed by atoms with Gasteiger partial charge in [-0.1, -0.05) is 25.1 Å². The van der Waals surface area contributed by atoms with Gasteiger partial charge in [0.1, 0.15) is 5.56 Å². The van der Waals surface area contributed by atoms with Crippen LogP contribution in [0.1, 0.15) is 23.0 Å². The first kappa shape index (κ1) is 10.4. The molecule has 0 aliphatic carbocycles. The van der Waals surface area contributed by atoms with Gasteiger partial charge in [-0.2, -0.15) is 5.10 Å². The minimum absolute atomic E-state index is 0.270. The van der Waals surface area contributed by atoms with E-state index in [1.807, 2.05) is 37.3 Å². The van der Waals surface area contributed by atoms with Crippen LogP contribution in [0.2, 0.25) is 0 Å². The van der Waals surface area contributed by atoms with E-state index in [1.54, 1.807) is 10.9 Å². The lowest BCUT2D eigenvalue weighted by Crippen LogP contribution is -1.98. The van der Waals surface area contributed by atoms with Gasteiger partial charge in [0.2, 0.25) is 0 Å². The van der Waals surface area contributed by atoms with Crippen LogP contribution >= 0.6 is 0 Å². The van der Waals surface area contributed by atoms with Crippen LogP contribution in [0, 0.1) is 0 Å². The number of hydrogen-bond acceptors (Lipinski definition) is 2. The SMILES string of the molecule is CCc1nn(-c2ccccc2)cc1C(=O)O. The van der Waals surface area contributed by atoms with Gasteiger partial charge in [-0.25, -0.2) is 9.48 Å². The van der Waals surface area contributed by atoms with Gasteiger partial charge in [-0.05, 0) is 18.6 Å². The van der Waals surface area contributed by atoms with Crippen molar-refractivity contribution in [3.8, 4) is 5.69 Å². The summed E-state index contributed by atoms with van der Waals surface area (Å²) in [6.07, 6.45) is 2.16. The second-order valence-corrected chi connectivity index (χ2v) is 3.43. The topological polar surface area (TPSA) is 55.1 Å². The zero-order chi connectivity index (χ0) is 11.5. The quantitative estimate of drug-likeness (QED) is 0.855. The molecule has 0 fully saturated rings. The summed E-state index contributed by atoms with van der Waals surface area (Å²) in [5, 5.41) is 13.3. The molecule has 4 nitrogen and oxygen atoms in total. The van der Waals surface area contributed by atoms with E-state index in [1.165, 1.54) is 0 Å². The number of rotatable bonds is 3. The number of benzene rings is 1. The van der Waals surface area contributed by atoms with Crippen molar-refractivity contribution in [3.05, 3.63) is 47.8 Å². The highest BCUT2D eigenvalue weighted by Crippen LogP contribution is 2.12. The fourth-order valence-corrected chi connectivity index (χ4v) is 1.56. The maximum atomic E-state index is 11.0. The molecule has 2 rings (SSSR count). The van der Waals surface area contributed by atoms with Crippen LogP contribution in [0.3, 0.4) is 0 Å². The molecule has 0 aliphatic rings. The summed E-state index contributed by atoms with van der Waals surface area (Å²) in [6, 6.07) is 9.47. The van der Waals surface area contributed by atoms with Crippen LogP contribution < -0.4 is 0 Å². The van der Waals surface area contributed by atoms with Crippen molar-refractivity contribution in [2.24, 2.45) is 0 Å². The fourth-order valence-electron chi connectivity index (χ4n) is 1.56. The lowest BCUT2D eigenvalue weighted by molar-refractivity contribution is 0.0696. The van der Waals surface area contributed by atoms with E-state index in [0.717, 1.165) is 5.69 Å². The molecule has 4 heteroatoms. The number of para-hydroxylation sites is 1. The zero-order valence-electron chi connectivity index (χ0n) is 8.92. The molecule has 0 atom stereocenters. The number of nitrogens with zero attached hydrogens (tertiary/aromatic N) is 2. The number of aryl methyl sites for hydroxylation is 1. The average molecular weight is 216 g/mol. The molecule has 1 N–H and O–H groups in total. The van der Waals surface area contributed by atoms with E-state index in [9.17, 15) is 4.79 Å². The van der Waals surface area contributed by atoms with Crippen LogP contribution in [0.5, 0.6) is 0 Å². The van der Waals surface area contributed by atoms with Gasteiger partial charge in [-0.3, -0.25) is 0 Å². The molecule has 0 aliphatic heterocycles. The van der Waals surface area contributed by atoms with Crippen molar-refractivity contribution in [2.75, 3.05) is 0 Å². The van der Waals surface area contributed by atoms with Crippen LogP contribution in [0.15, 0.2) is 36.5 Å². The Morgan fingerprint density at radius 1 is 1.38 bits per heavy atom. The molecule has 0 saturated heterocycles. The first-order valence-electron chi connectivity index (χ1n) is 5.09. The number of aromatic nitrogens is 2. The lowest BCUT2D eigenvalue weighted by Gasteiger charge is -1.98. The van der Waals surface area contributed by atoms with E-state index in [0.29, 0.717) is 12.1 Å². The summed E-state index contributed by atoms with van der Waals surface area (Å²) in [4.78, 5) is 11.0. The number of carbonyl (C=O) groups is 1. The van der Waals surface area contributed by atoms with E-state index in [-0.39, 0.29) is 5.56 Å². The number of carboxylic acids is 1. The van der Waals surface area contributed by atoms with Gasteiger partial charge in [-0.15, -0.1) is 0 Å². The summed E-state index contributed by atoms with van der Waals surface area (Å²) in [7, 11) is 0. The molecule has 0 radical (unpaired) electrons. The molecule has 0 unspecified atom stereocenters. The summed E-state index contributed by atoms with van der Waals surface area (Å²) >= 11 is 0. The second-order valence-electron chi connectivity index (χ2n) is 3.43. The molecule has 0 bridgehead atoms. The van der Waals surface area contributed by atoms with Gasteiger partial charge in [0.05, 0.1) is 11.4 Å². The molecule has 1 aromatic carbocycles. The largest absolute Gasteiger partial charge is 0.478 e. The smallest absolute Gasteiger partial charge is 0.339 e. The Bertz CT molecular complexity index is 503. The van der Waals surface area contributed by atoms with Gasteiger partial charge >= 0.3 is 5.97 Å². The number of aromatic carboxylic acids is 1. The molecule has 0 saturated carbocycles. The Morgan fingerprint density at radius 3 is 2.56 bits per heavy atom. The minimum atomic E-state index is -0.931. The van der Waals surface area contributed by atoms with Gasteiger partial charge in [0.25, 0.3) is 0 Å². The van der Waals surface area contributed by atoms with Crippen molar-refractivity contribution >= 4 is 5.97 Å². The summed E-state index contributed by atoms with van der Waals surface area (Å²) in [5.41, 5.74) is 1.74. The third kappa shape index (κ3) is 1.82. The first-order chi connectivity index (χ1) is 7.72. The Morgan fingerprint density at radius 2 is 2.06 bits per heavy atom. The molecule has 16 heavy (non-hydrogen) atoms. The average Bonchev–Trinajstić information content (AvgIpc) is 2.74. The highest BCUT2D eigenvalue weighted by atomic mass is 16.4. The van der Waals surface area contributed by atoms with Crippen LogP contribution in [0.4, 0.5) is 0 Å². The molecule has 1 heterocycles. The highest BCUT2D eigenvalue weighted by molar-refractivity contribution is 5.88. The van der Waals surface area contributed by atoms with Crippen molar-refractivity contribution < 1.29 is 9.90 Å². The Kier molecular flexibility index (Phi) is 2.72. The molecule has 2 aromatic rings. The Balaban J connectivity index is 2.48. The molecule has 82 valence electrons. The number of hydrogen-bond donors (Lipinski definition) is 1. The minimum Gasteiger partial charge on any atom is -0.478 e. The van der Waals surface area contributed by atoms with E-state index in [4.69, 9.17) is 5.11 Å². The second kappa shape index (κ2) is 4.18. The molecule has 1 aromatic heterocycles. The third-order valence-electron chi connectivity index (χ3n) is 2.38. The first-order valence-corrected chi connectivity index (χ1v) is 5.09. The normalized spacial score (nSPS) is 10.3. The van der Waals surface area contributed by atoms with Gasteiger partial charge in [0.15, 0.2) is 0 Å². The predicted octanol–water partition coefficient (Wildman–Crippen LogP) is 2.13. The fraction of sp³-hybridized carbons (Fsp3) is 0.167. The Labute approximate surface area is 93.1 Å². The van der Waals surface area contributed by atoms with E-state index < -0.39 is 5.97 Å². The van der Waals surface area contributed by atoms with Crippen molar-refractivity contribution in [2.45, 2.75) is 13.3 Å². The zero-order valence-corrected chi connectivity index (χ0v) is 8.92.